The zero-order chi connectivity index (χ0) is 11.0. The lowest BCUT2D eigenvalue weighted by atomic mass is 10.3. The van der Waals surface area contributed by atoms with Crippen LogP contribution in [0.4, 0.5) is 5.82 Å². The summed E-state index contributed by atoms with van der Waals surface area (Å²) in [6, 6.07) is 2.14. The number of fused-ring (bicyclic) bond motifs is 1. The summed E-state index contributed by atoms with van der Waals surface area (Å²) in [4.78, 5) is 11.0. The van der Waals surface area contributed by atoms with Crippen LogP contribution in [0.3, 0.4) is 0 Å². The van der Waals surface area contributed by atoms with Crippen molar-refractivity contribution in [2.24, 2.45) is 0 Å². The molecule has 0 saturated carbocycles. The predicted octanol–water partition coefficient (Wildman–Crippen LogP) is 1.59. The van der Waals surface area contributed by atoms with Crippen LogP contribution in [0.1, 0.15) is 5.69 Å². The van der Waals surface area contributed by atoms with E-state index in [-0.39, 0.29) is 0 Å². The van der Waals surface area contributed by atoms with Gasteiger partial charge in [0.05, 0.1) is 6.20 Å². The fourth-order valence-corrected chi connectivity index (χ4v) is 2.96. The van der Waals surface area contributed by atoms with Gasteiger partial charge in [-0.05, 0) is 6.92 Å². The Morgan fingerprint density at radius 2 is 2.12 bits per heavy atom. The molecule has 84 valence electrons. The van der Waals surface area contributed by atoms with Gasteiger partial charge in [-0.1, -0.05) is 0 Å². The molecule has 0 atom stereocenters. The molecular weight excluding hydrogens is 220 g/mol. The molecule has 1 aliphatic rings. The van der Waals surface area contributed by atoms with E-state index in [0.717, 1.165) is 24.4 Å². The maximum absolute atomic E-state index is 4.46. The molecule has 0 unspecified atom stereocenters. The van der Waals surface area contributed by atoms with Crippen molar-refractivity contribution in [1.29, 1.82) is 0 Å². The number of nitrogens with zero attached hydrogens (tertiary/aromatic N) is 4. The van der Waals surface area contributed by atoms with E-state index < -0.39 is 0 Å². The molecule has 3 rings (SSSR count). The molecule has 0 spiro atoms. The van der Waals surface area contributed by atoms with Crippen LogP contribution >= 0.6 is 11.8 Å². The Hall–Kier alpha value is -1.23. The number of hydrogen-bond donors (Lipinski definition) is 0. The highest BCUT2D eigenvalue weighted by molar-refractivity contribution is 7.99. The highest BCUT2D eigenvalue weighted by Gasteiger charge is 2.14. The lowest BCUT2D eigenvalue weighted by Gasteiger charge is -2.29. The third kappa shape index (κ3) is 1.65. The molecule has 2 aromatic heterocycles. The first-order chi connectivity index (χ1) is 7.84. The quantitative estimate of drug-likeness (QED) is 0.750. The molecule has 0 N–H and O–H groups in total. The summed E-state index contributed by atoms with van der Waals surface area (Å²) in [5.74, 6) is 3.63. The number of hydrogen-bond acceptors (Lipinski definition) is 4. The third-order valence-electron chi connectivity index (χ3n) is 2.83. The van der Waals surface area contributed by atoms with E-state index >= 15 is 0 Å². The molecule has 5 heteroatoms. The molecule has 1 saturated heterocycles. The van der Waals surface area contributed by atoms with E-state index in [2.05, 4.69) is 25.3 Å². The molecule has 16 heavy (non-hydrogen) atoms. The van der Waals surface area contributed by atoms with Crippen LogP contribution in [-0.4, -0.2) is 39.0 Å². The molecule has 0 radical (unpaired) electrons. The maximum atomic E-state index is 4.46. The lowest BCUT2D eigenvalue weighted by Crippen LogP contribution is -2.33. The minimum atomic E-state index is 0.938. The minimum absolute atomic E-state index is 0.938. The van der Waals surface area contributed by atoms with Crippen LogP contribution in [0.5, 0.6) is 0 Å². The van der Waals surface area contributed by atoms with E-state index in [4.69, 9.17) is 0 Å². The number of aryl methyl sites for hydroxylation is 1. The second-order valence-electron chi connectivity index (χ2n) is 3.98. The molecule has 0 bridgehead atoms. The van der Waals surface area contributed by atoms with Crippen molar-refractivity contribution in [3.05, 3.63) is 24.3 Å². The number of aromatic nitrogens is 3. The van der Waals surface area contributed by atoms with Crippen LogP contribution in [0, 0.1) is 6.92 Å². The number of rotatable bonds is 1. The van der Waals surface area contributed by atoms with E-state index in [1.165, 1.54) is 17.3 Å². The van der Waals surface area contributed by atoms with Crippen LogP contribution in [-0.2, 0) is 0 Å². The summed E-state index contributed by atoms with van der Waals surface area (Å²) in [6.07, 6.45) is 3.66. The summed E-state index contributed by atoms with van der Waals surface area (Å²) in [7, 11) is 0. The molecule has 4 nitrogen and oxygen atoms in total. The summed E-state index contributed by atoms with van der Waals surface area (Å²) in [5.41, 5.74) is 1.99. The van der Waals surface area contributed by atoms with Gasteiger partial charge in [-0.2, -0.15) is 11.8 Å². The third-order valence-corrected chi connectivity index (χ3v) is 3.77. The SMILES string of the molecule is Cc1cc(N2CCSCC2)n2cncc2n1. The highest BCUT2D eigenvalue weighted by atomic mass is 32.2. The second kappa shape index (κ2) is 3.97. The van der Waals surface area contributed by atoms with Crippen LogP contribution < -0.4 is 4.90 Å². The fraction of sp³-hybridized carbons (Fsp3) is 0.455. The van der Waals surface area contributed by atoms with Gasteiger partial charge in [0.25, 0.3) is 0 Å². The van der Waals surface area contributed by atoms with Crippen molar-refractivity contribution in [2.45, 2.75) is 6.92 Å². The second-order valence-corrected chi connectivity index (χ2v) is 5.20. The first-order valence-electron chi connectivity index (χ1n) is 5.47. The van der Waals surface area contributed by atoms with Crippen LogP contribution in [0.15, 0.2) is 18.6 Å². The van der Waals surface area contributed by atoms with Crippen molar-refractivity contribution in [3.8, 4) is 0 Å². The average Bonchev–Trinajstić information content (AvgIpc) is 2.77. The summed E-state index contributed by atoms with van der Waals surface area (Å²) in [6.45, 7) is 4.26. The van der Waals surface area contributed by atoms with E-state index in [9.17, 15) is 0 Å². The molecular formula is C11H14N4S. The van der Waals surface area contributed by atoms with E-state index in [1.54, 1.807) is 0 Å². The smallest absolute Gasteiger partial charge is 0.158 e. The van der Waals surface area contributed by atoms with Gasteiger partial charge >= 0.3 is 0 Å². The normalized spacial score (nSPS) is 16.9. The van der Waals surface area contributed by atoms with Crippen LogP contribution in [0.25, 0.3) is 5.65 Å². The first-order valence-corrected chi connectivity index (χ1v) is 6.62. The van der Waals surface area contributed by atoms with Gasteiger partial charge in [0, 0.05) is 36.4 Å². The van der Waals surface area contributed by atoms with Gasteiger partial charge in [0.2, 0.25) is 0 Å². The van der Waals surface area contributed by atoms with E-state index in [0.29, 0.717) is 0 Å². The van der Waals surface area contributed by atoms with Crippen molar-refractivity contribution < 1.29 is 0 Å². The standard InChI is InChI=1S/C11H14N4S/c1-9-6-11(14-2-4-16-5-3-14)15-8-12-7-10(15)13-9/h6-8H,2-5H2,1H3. The van der Waals surface area contributed by atoms with Crippen molar-refractivity contribution >= 4 is 23.2 Å². The predicted molar refractivity (Wildman–Crippen MR) is 67.3 cm³/mol. The fourth-order valence-electron chi connectivity index (χ4n) is 2.05. The highest BCUT2D eigenvalue weighted by Crippen LogP contribution is 2.21. The van der Waals surface area contributed by atoms with Gasteiger partial charge in [0.1, 0.15) is 12.1 Å². The van der Waals surface area contributed by atoms with Gasteiger partial charge < -0.3 is 4.90 Å². The minimum Gasteiger partial charge on any atom is -0.356 e. The number of anilines is 1. The topological polar surface area (TPSA) is 33.4 Å². The van der Waals surface area contributed by atoms with Gasteiger partial charge in [-0.15, -0.1) is 0 Å². The molecule has 0 amide bonds. The zero-order valence-corrected chi connectivity index (χ0v) is 10.1. The van der Waals surface area contributed by atoms with Crippen molar-refractivity contribution in [3.63, 3.8) is 0 Å². The van der Waals surface area contributed by atoms with E-state index in [1.807, 2.05) is 31.2 Å². The Kier molecular flexibility index (Phi) is 2.47. The Balaban J connectivity index is 2.09. The summed E-state index contributed by atoms with van der Waals surface area (Å²) in [5, 5.41) is 0. The maximum Gasteiger partial charge on any atom is 0.158 e. The molecule has 0 aromatic carbocycles. The molecule has 1 fully saturated rings. The Labute approximate surface area is 98.7 Å². The average molecular weight is 234 g/mol. The molecule has 2 aromatic rings. The van der Waals surface area contributed by atoms with Gasteiger partial charge in [-0.25, -0.2) is 9.97 Å². The molecule has 3 heterocycles. The molecule has 0 aliphatic carbocycles. The molecule has 1 aliphatic heterocycles. The van der Waals surface area contributed by atoms with Gasteiger partial charge in [-0.3, -0.25) is 4.40 Å². The van der Waals surface area contributed by atoms with Crippen LogP contribution in [0.2, 0.25) is 0 Å². The Morgan fingerprint density at radius 1 is 1.31 bits per heavy atom. The zero-order valence-electron chi connectivity index (χ0n) is 9.26. The van der Waals surface area contributed by atoms with Gasteiger partial charge in [0.15, 0.2) is 5.65 Å². The van der Waals surface area contributed by atoms with Crippen molar-refractivity contribution in [2.75, 3.05) is 29.5 Å². The lowest BCUT2D eigenvalue weighted by molar-refractivity contribution is 0.822. The number of imidazole rings is 1. The number of thioether (sulfide) groups is 1. The summed E-state index contributed by atoms with van der Waals surface area (Å²) < 4.78 is 2.07. The Bertz CT molecular complexity index is 502. The largest absolute Gasteiger partial charge is 0.356 e. The Morgan fingerprint density at radius 3 is 2.94 bits per heavy atom. The van der Waals surface area contributed by atoms with Crippen molar-refractivity contribution in [1.82, 2.24) is 14.4 Å². The summed E-state index contributed by atoms with van der Waals surface area (Å²) >= 11 is 2.02. The first kappa shape index (κ1) is 9.96. The monoisotopic (exact) mass is 234 g/mol.